The first-order valence-electron chi connectivity index (χ1n) is 10.2. The lowest BCUT2D eigenvalue weighted by Gasteiger charge is -2.37. The quantitative estimate of drug-likeness (QED) is 0.651. The number of amides is 1. The van der Waals surface area contributed by atoms with E-state index in [0.717, 1.165) is 36.8 Å². The number of carbonyl (C=O) groups is 2. The molecule has 1 amide bonds. The summed E-state index contributed by atoms with van der Waals surface area (Å²) in [6, 6.07) is 7.23. The molecule has 1 spiro atoms. The molecule has 2 fully saturated rings. The molecule has 1 aromatic heterocycles. The summed E-state index contributed by atoms with van der Waals surface area (Å²) in [6.07, 6.45) is 1.56. The third kappa shape index (κ3) is 3.88. The van der Waals surface area contributed by atoms with Crippen LogP contribution in [0.25, 0.3) is 10.9 Å². The summed E-state index contributed by atoms with van der Waals surface area (Å²) >= 11 is 0. The summed E-state index contributed by atoms with van der Waals surface area (Å²) in [5.41, 5.74) is 1.53. The highest BCUT2D eigenvalue weighted by Crippen LogP contribution is 2.29. The van der Waals surface area contributed by atoms with Crippen LogP contribution >= 0.6 is 0 Å². The normalized spacial score (nSPS) is 20.1. The molecule has 2 aliphatic heterocycles. The van der Waals surface area contributed by atoms with Gasteiger partial charge in [-0.3, -0.25) is 4.79 Å². The van der Waals surface area contributed by atoms with Crippen LogP contribution in [0.1, 0.15) is 37.2 Å². The molecule has 2 aliphatic rings. The average molecular weight is 402 g/mol. The minimum Gasteiger partial charge on any atom is -0.461 e. The molecule has 29 heavy (non-hydrogen) atoms. The molecular formula is C21H28N3O5+. The largest absolute Gasteiger partial charge is 0.461 e. The van der Waals surface area contributed by atoms with Crippen LogP contribution in [0, 0.1) is 0 Å². The van der Waals surface area contributed by atoms with Crippen LogP contribution in [0.4, 0.5) is 5.69 Å². The van der Waals surface area contributed by atoms with Gasteiger partial charge in [0.25, 0.3) is 5.91 Å². The number of nitrogens with one attached hydrogen (secondary N) is 3. The topological polar surface area (TPSA) is 94.1 Å². The van der Waals surface area contributed by atoms with Crippen LogP contribution in [0.3, 0.4) is 0 Å². The van der Waals surface area contributed by atoms with Gasteiger partial charge in [-0.15, -0.1) is 0 Å². The molecule has 1 atom stereocenters. The fourth-order valence-corrected chi connectivity index (χ4v) is 4.22. The van der Waals surface area contributed by atoms with Crippen LogP contribution < -0.4 is 10.2 Å². The predicted molar refractivity (Wildman–Crippen MR) is 107 cm³/mol. The number of hydrogen-bond acceptors (Lipinski definition) is 5. The number of benzene rings is 1. The molecule has 8 nitrogen and oxygen atoms in total. The van der Waals surface area contributed by atoms with Gasteiger partial charge < -0.3 is 29.4 Å². The Morgan fingerprint density at radius 1 is 1.24 bits per heavy atom. The number of aromatic amines is 1. The van der Waals surface area contributed by atoms with E-state index in [-0.39, 0.29) is 24.2 Å². The molecular weight excluding hydrogens is 374 g/mol. The minimum absolute atomic E-state index is 0.125. The zero-order valence-electron chi connectivity index (χ0n) is 16.9. The van der Waals surface area contributed by atoms with Crippen molar-refractivity contribution in [2.75, 3.05) is 38.2 Å². The van der Waals surface area contributed by atoms with Crippen LogP contribution in [0.15, 0.2) is 24.3 Å². The van der Waals surface area contributed by atoms with Crippen molar-refractivity contribution >= 4 is 28.5 Å². The van der Waals surface area contributed by atoms with Gasteiger partial charge in [-0.2, -0.15) is 0 Å². The number of aromatic nitrogens is 1. The van der Waals surface area contributed by atoms with E-state index in [1.807, 2.05) is 31.2 Å². The molecule has 0 aliphatic carbocycles. The van der Waals surface area contributed by atoms with Crippen molar-refractivity contribution in [3.8, 4) is 0 Å². The van der Waals surface area contributed by atoms with Crippen LogP contribution in [0.5, 0.6) is 0 Å². The van der Waals surface area contributed by atoms with Crippen molar-refractivity contribution in [2.24, 2.45) is 0 Å². The Hall–Kier alpha value is -2.42. The number of anilines is 1. The van der Waals surface area contributed by atoms with E-state index in [4.69, 9.17) is 14.2 Å². The Labute approximate surface area is 169 Å². The second-order valence-electron chi connectivity index (χ2n) is 7.62. The molecule has 3 heterocycles. The third-order valence-electron chi connectivity index (χ3n) is 5.91. The van der Waals surface area contributed by atoms with E-state index in [1.54, 1.807) is 6.92 Å². The highest BCUT2D eigenvalue weighted by atomic mass is 16.7. The first-order chi connectivity index (χ1) is 14.0. The van der Waals surface area contributed by atoms with Crippen molar-refractivity contribution < 1.29 is 28.7 Å². The van der Waals surface area contributed by atoms with Crippen LogP contribution in [-0.4, -0.2) is 61.6 Å². The summed E-state index contributed by atoms with van der Waals surface area (Å²) in [6.45, 7) is 6.82. The maximum absolute atomic E-state index is 13.0. The number of quaternary nitrogens is 1. The van der Waals surface area contributed by atoms with E-state index in [1.165, 1.54) is 4.90 Å². The van der Waals surface area contributed by atoms with E-state index >= 15 is 0 Å². The Kier molecular flexibility index (Phi) is 5.58. The SMILES string of the molecule is CCOC(=O)c1[nH]c2ccccc2c1NC(=O)[C@H](C)[NH+]1CCC2(CC1)OCCO2. The van der Waals surface area contributed by atoms with Crippen molar-refractivity contribution in [1.29, 1.82) is 0 Å². The highest BCUT2D eigenvalue weighted by molar-refractivity contribution is 6.11. The third-order valence-corrected chi connectivity index (χ3v) is 5.91. The molecule has 3 N–H and O–H groups in total. The van der Waals surface area contributed by atoms with Gasteiger partial charge in [-0.1, -0.05) is 18.2 Å². The Bertz CT molecular complexity index is 893. The van der Waals surface area contributed by atoms with E-state index in [9.17, 15) is 9.59 Å². The van der Waals surface area contributed by atoms with Gasteiger partial charge in [0, 0.05) is 10.9 Å². The first-order valence-corrected chi connectivity index (χ1v) is 10.2. The summed E-state index contributed by atoms with van der Waals surface area (Å²) in [7, 11) is 0. The number of piperidine rings is 1. The molecule has 8 heteroatoms. The van der Waals surface area contributed by atoms with Crippen LogP contribution in [0.2, 0.25) is 0 Å². The van der Waals surface area contributed by atoms with Gasteiger partial charge in [0.05, 0.1) is 51.4 Å². The second kappa shape index (κ2) is 8.14. The number of esters is 1. The number of carbonyl (C=O) groups excluding carboxylic acids is 2. The lowest BCUT2D eigenvalue weighted by atomic mass is 10.0. The molecule has 0 radical (unpaired) electrons. The van der Waals surface area contributed by atoms with E-state index < -0.39 is 11.8 Å². The summed E-state index contributed by atoms with van der Waals surface area (Å²) in [5, 5.41) is 3.76. The van der Waals surface area contributed by atoms with Crippen molar-refractivity contribution in [3.05, 3.63) is 30.0 Å². The number of para-hydroxylation sites is 1. The van der Waals surface area contributed by atoms with Gasteiger partial charge in [-0.25, -0.2) is 4.79 Å². The number of ether oxygens (including phenoxy) is 3. The lowest BCUT2D eigenvalue weighted by molar-refractivity contribution is -0.922. The van der Waals surface area contributed by atoms with Gasteiger partial charge in [-0.05, 0) is 19.9 Å². The Morgan fingerprint density at radius 3 is 2.62 bits per heavy atom. The molecule has 0 bridgehead atoms. The number of hydrogen-bond donors (Lipinski definition) is 3. The summed E-state index contributed by atoms with van der Waals surface area (Å²) in [5.74, 6) is -1.05. The molecule has 2 saturated heterocycles. The van der Waals surface area contributed by atoms with Crippen molar-refractivity contribution in [2.45, 2.75) is 38.5 Å². The number of H-pyrrole nitrogens is 1. The predicted octanol–water partition coefficient (Wildman–Crippen LogP) is 1.09. The van der Waals surface area contributed by atoms with E-state index in [2.05, 4.69) is 10.3 Å². The Morgan fingerprint density at radius 2 is 1.93 bits per heavy atom. The van der Waals surface area contributed by atoms with Gasteiger partial charge in [0.1, 0.15) is 5.69 Å². The second-order valence-corrected chi connectivity index (χ2v) is 7.62. The number of fused-ring (bicyclic) bond motifs is 1. The summed E-state index contributed by atoms with van der Waals surface area (Å²) in [4.78, 5) is 29.7. The maximum Gasteiger partial charge on any atom is 0.356 e. The lowest BCUT2D eigenvalue weighted by Crippen LogP contribution is -3.18. The standard InChI is InChI=1S/C21H27N3O5/c1-3-27-20(26)18-17(15-6-4-5-7-16(15)22-18)23-19(25)14(2)24-10-8-21(9-11-24)28-12-13-29-21/h4-7,14,22H,3,8-13H2,1-2H3,(H,23,25)/p+1/t14-/m0/s1. The smallest absolute Gasteiger partial charge is 0.356 e. The molecule has 2 aromatic rings. The fraction of sp³-hybridized carbons (Fsp3) is 0.524. The zero-order valence-corrected chi connectivity index (χ0v) is 16.9. The Balaban J connectivity index is 1.49. The number of likely N-dealkylation sites (tertiary alicyclic amines) is 1. The van der Waals surface area contributed by atoms with Gasteiger partial charge >= 0.3 is 5.97 Å². The molecule has 1 aromatic carbocycles. The zero-order chi connectivity index (χ0) is 20.4. The summed E-state index contributed by atoms with van der Waals surface area (Å²) < 4.78 is 16.7. The van der Waals surface area contributed by atoms with Crippen molar-refractivity contribution in [3.63, 3.8) is 0 Å². The fourth-order valence-electron chi connectivity index (χ4n) is 4.22. The maximum atomic E-state index is 13.0. The van der Waals surface area contributed by atoms with E-state index in [0.29, 0.717) is 18.9 Å². The first kappa shape index (κ1) is 19.9. The minimum atomic E-state index is -0.477. The monoisotopic (exact) mass is 402 g/mol. The van der Waals surface area contributed by atoms with Crippen LogP contribution in [-0.2, 0) is 19.0 Å². The molecule has 0 unspecified atom stereocenters. The number of rotatable bonds is 5. The van der Waals surface area contributed by atoms with Gasteiger partial charge in [0.15, 0.2) is 11.8 Å². The van der Waals surface area contributed by atoms with Gasteiger partial charge in [0.2, 0.25) is 0 Å². The molecule has 0 saturated carbocycles. The average Bonchev–Trinajstić information content (AvgIpc) is 3.33. The highest BCUT2D eigenvalue weighted by Gasteiger charge is 2.43. The molecule has 4 rings (SSSR count). The molecule has 156 valence electrons. The van der Waals surface area contributed by atoms with Crippen molar-refractivity contribution in [1.82, 2.24) is 4.98 Å².